The van der Waals surface area contributed by atoms with E-state index in [-0.39, 0.29) is 24.1 Å². The first-order valence-electron chi connectivity index (χ1n) is 11.3. The third kappa shape index (κ3) is 5.22. The van der Waals surface area contributed by atoms with Gasteiger partial charge in [0.15, 0.2) is 0 Å². The summed E-state index contributed by atoms with van der Waals surface area (Å²) >= 11 is 0. The highest BCUT2D eigenvalue weighted by Gasteiger charge is 2.28. The van der Waals surface area contributed by atoms with Crippen molar-refractivity contribution < 1.29 is 14.0 Å². The summed E-state index contributed by atoms with van der Waals surface area (Å²) in [5, 5.41) is 13.0. The van der Waals surface area contributed by atoms with Crippen molar-refractivity contribution in [3.63, 3.8) is 0 Å². The van der Waals surface area contributed by atoms with Crippen LogP contribution in [0, 0.1) is 19.7 Å². The van der Waals surface area contributed by atoms with E-state index >= 15 is 0 Å². The van der Waals surface area contributed by atoms with Crippen LogP contribution in [0.5, 0.6) is 0 Å². The van der Waals surface area contributed by atoms with Crippen LogP contribution in [0.2, 0.25) is 0 Å². The lowest BCUT2D eigenvalue weighted by molar-refractivity contribution is -0.123. The van der Waals surface area contributed by atoms with Crippen molar-refractivity contribution in [2.24, 2.45) is 5.10 Å². The SMILES string of the molecule is Cc1ccc(C)c(N2N=C(C(=O)N(C)CCCc3cc(-c4cccc(F)c4)n[nH]3)CCC2=O)c1. The van der Waals surface area contributed by atoms with Crippen LogP contribution in [0.1, 0.15) is 36.1 Å². The highest BCUT2D eigenvalue weighted by Crippen LogP contribution is 2.26. The van der Waals surface area contributed by atoms with Gasteiger partial charge in [-0.05, 0) is 62.1 Å². The maximum atomic E-state index is 13.5. The number of amides is 2. The summed E-state index contributed by atoms with van der Waals surface area (Å²) < 4.78 is 13.5. The Kier molecular flexibility index (Phi) is 6.86. The van der Waals surface area contributed by atoms with Gasteiger partial charge < -0.3 is 4.90 Å². The smallest absolute Gasteiger partial charge is 0.269 e. The number of benzene rings is 2. The van der Waals surface area contributed by atoms with Crippen molar-refractivity contribution in [1.82, 2.24) is 15.1 Å². The van der Waals surface area contributed by atoms with E-state index in [1.807, 2.05) is 44.2 Å². The number of anilines is 1. The van der Waals surface area contributed by atoms with E-state index in [0.717, 1.165) is 23.2 Å². The molecule has 0 aliphatic carbocycles. The number of H-pyrrole nitrogens is 1. The van der Waals surface area contributed by atoms with Gasteiger partial charge in [0.05, 0.1) is 11.4 Å². The Labute approximate surface area is 198 Å². The Bertz CT molecular complexity index is 1250. The Morgan fingerprint density at radius 3 is 2.76 bits per heavy atom. The zero-order valence-electron chi connectivity index (χ0n) is 19.6. The predicted molar refractivity (Wildman–Crippen MR) is 130 cm³/mol. The molecule has 0 saturated carbocycles. The average molecular weight is 462 g/mol. The van der Waals surface area contributed by atoms with Gasteiger partial charge in [0, 0.05) is 37.7 Å². The number of rotatable bonds is 7. The first-order valence-corrected chi connectivity index (χ1v) is 11.3. The van der Waals surface area contributed by atoms with Gasteiger partial charge in [-0.15, -0.1) is 0 Å². The summed E-state index contributed by atoms with van der Waals surface area (Å²) in [6, 6.07) is 14.1. The second kappa shape index (κ2) is 9.99. The number of aryl methyl sites for hydroxylation is 3. The Hall–Kier alpha value is -3.81. The highest BCUT2D eigenvalue weighted by atomic mass is 19.1. The van der Waals surface area contributed by atoms with Crippen LogP contribution in [0.4, 0.5) is 10.1 Å². The topological polar surface area (TPSA) is 81.7 Å². The molecular weight excluding hydrogens is 433 g/mol. The molecule has 2 amide bonds. The number of hydrazone groups is 1. The average Bonchev–Trinajstić information content (AvgIpc) is 3.29. The first kappa shape index (κ1) is 23.4. The fraction of sp³-hybridized carbons (Fsp3) is 0.308. The molecule has 8 heteroatoms. The lowest BCUT2D eigenvalue weighted by Crippen LogP contribution is -2.40. The van der Waals surface area contributed by atoms with Crippen molar-refractivity contribution >= 4 is 23.2 Å². The molecule has 0 saturated heterocycles. The van der Waals surface area contributed by atoms with Gasteiger partial charge in [0.2, 0.25) is 5.91 Å². The molecule has 176 valence electrons. The summed E-state index contributed by atoms with van der Waals surface area (Å²) in [7, 11) is 1.74. The van der Waals surface area contributed by atoms with Crippen molar-refractivity contribution in [3.8, 4) is 11.3 Å². The highest BCUT2D eigenvalue weighted by molar-refractivity contribution is 6.40. The fourth-order valence-corrected chi connectivity index (χ4v) is 3.96. The van der Waals surface area contributed by atoms with Crippen molar-refractivity contribution in [1.29, 1.82) is 0 Å². The van der Waals surface area contributed by atoms with Gasteiger partial charge in [0.1, 0.15) is 11.5 Å². The van der Waals surface area contributed by atoms with Crippen LogP contribution < -0.4 is 5.01 Å². The van der Waals surface area contributed by atoms with Gasteiger partial charge in [-0.3, -0.25) is 14.7 Å². The second-order valence-electron chi connectivity index (χ2n) is 8.66. The first-order chi connectivity index (χ1) is 16.3. The van der Waals surface area contributed by atoms with E-state index in [1.165, 1.54) is 17.1 Å². The van der Waals surface area contributed by atoms with Gasteiger partial charge in [0.25, 0.3) is 5.91 Å². The van der Waals surface area contributed by atoms with Crippen LogP contribution in [0.25, 0.3) is 11.3 Å². The monoisotopic (exact) mass is 461 g/mol. The zero-order valence-corrected chi connectivity index (χ0v) is 19.6. The molecule has 0 unspecified atom stereocenters. The molecule has 7 nitrogen and oxygen atoms in total. The maximum Gasteiger partial charge on any atom is 0.269 e. The number of carbonyl (C=O) groups excluding carboxylic acids is 2. The number of hydrogen-bond acceptors (Lipinski definition) is 4. The maximum absolute atomic E-state index is 13.5. The largest absolute Gasteiger partial charge is 0.341 e. The van der Waals surface area contributed by atoms with Crippen LogP contribution >= 0.6 is 0 Å². The zero-order chi connectivity index (χ0) is 24.2. The Balaban J connectivity index is 1.37. The summed E-state index contributed by atoms with van der Waals surface area (Å²) in [5.74, 6) is -0.584. The van der Waals surface area contributed by atoms with Crippen LogP contribution in [0.3, 0.4) is 0 Å². The minimum atomic E-state index is -0.300. The molecule has 2 aromatic carbocycles. The van der Waals surface area contributed by atoms with Gasteiger partial charge in [-0.1, -0.05) is 24.3 Å². The van der Waals surface area contributed by atoms with E-state index in [0.29, 0.717) is 42.0 Å². The molecule has 2 heterocycles. The minimum Gasteiger partial charge on any atom is -0.341 e. The second-order valence-corrected chi connectivity index (χ2v) is 8.66. The van der Waals surface area contributed by atoms with E-state index in [2.05, 4.69) is 15.3 Å². The summed E-state index contributed by atoms with van der Waals surface area (Å²) in [4.78, 5) is 27.1. The van der Waals surface area contributed by atoms with E-state index < -0.39 is 0 Å². The third-order valence-corrected chi connectivity index (χ3v) is 5.91. The van der Waals surface area contributed by atoms with Crippen molar-refractivity contribution in [3.05, 3.63) is 71.2 Å². The van der Waals surface area contributed by atoms with Crippen LogP contribution in [-0.4, -0.2) is 46.2 Å². The lowest BCUT2D eigenvalue weighted by atomic mass is 10.1. The molecule has 0 radical (unpaired) electrons. The molecule has 4 rings (SSSR count). The molecule has 0 atom stereocenters. The Morgan fingerprint density at radius 1 is 1.15 bits per heavy atom. The molecule has 34 heavy (non-hydrogen) atoms. The number of nitrogens with zero attached hydrogens (tertiary/aromatic N) is 4. The quantitative estimate of drug-likeness (QED) is 0.566. The van der Waals surface area contributed by atoms with Crippen molar-refractivity contribution in [2.45, 2.75) is 39.5 Å². The normalized spacial score (nSPS) is 13.7. The van der Waals surface area contributed by atoms with E-state index in [4.69, 9.17) is 0 Å². The van der Waals surface area contributed by atoms with Crippen LogP contribution in [-0.2, 0) is 16.0 Å². The Morgan fingerprint density at radius 2 is 1.97 bits per heavy atom. The van der Waals surface area contributed by atoms with Crippen molar-refractivity contribution in [2.75, 3.05) is 18.6 Å². The third-order valence-electron chi connectivity index (χ3n) is 5.91. The molecule has 1 aromatic heterocycles. The molecule has 0 spiro atoms. The number of nitrogens with one attached hydrogen (secondary N) is 1. The van der Waals surface area contributed by atoms with Crippen LogP contribution in [0.15, 0.2) is 53.6 Å². The molecule has 3 aromatic rings. The fourth-order valence-electron chi connectivity index (χ4n) is 3.96. The number of hydrogen-bond donors (Lipinski definition) is 1. The standard InChI is InChI=1S/C26H28FN5O2/c1-17-9-10-18(2)24(14-17)32-25(33)12-11-22(30-32)26(34)31(3)13-5-8-21-16-23(29-28-21)19-6-4-7-20(27)15-19/h4,6-7,9-10,14-16H,5,8,11-13H2,1-3H3,(H,28,29). The minimum absolute atomic E-state index is 0.110. The van der Waals surface area contributed by atoms with Gasteiger partial charge in [-0.25, -0.2) is 9.40 Å². The predicted octanol–water partition coefficient (Wildman–Crippen LogP) is 4.41. The summed E-state index contributed by atoms with van der Waals surface area (Å²) in [5.41, 5.74) is 5.38. The number of halogens is 1. The molecule has 0 bridgehead atoms. The summed E-state index contributed by atoms with van der Waals surface area (Å²) in [6.45, 7) is 4.42. The molecule has 1 N–H and O–H groups in total. The molecular formula is C26H28FN5O2. The number of aromatic nitrogens is 2. The van der Waals surface area contributed by atoms with Gasteiger partial charge in [-0.2, -0.15) is 10.2 Å². The van der Waals surface area contributed by atoms with Gasteiger partial charge >= 0.3 is 0 Å². The molecule has 1 aliphatic heterocycles. The lowest BCUT2D eigenvalue weighted by Gasteiger charge is -2.26. The molecule has 0 fully saturated rings. The van der Waals surface area contributed by atoms with E-state index in [1.54, 1.807) is 18.0 Å². The number of carbonyl (C=O) groups is 2. The summed E-state index contributed by atoms with van der Waals surface area (Å²) in [6.07, 6.45) is 2.00. The number of aromatic amines is 1. The molecule has 1 aliphatic rings. The van der Waals surface area contributed by atoms with E-state index in [9.17, 15) is 14.0 Å².